The number of thiophene rings is 1. The van der Waals surface area contributed by atoms with Gasteiger partial charge in [-0.05, 0) is 17.0 Å². The Kier molecular flexibility index (Phi) is 5.13. The van der Waals surface area contributed by atoms with Crippen molar-refractivity contribution >= 4 is 39.2 Å². The van der Waals surface area contributed by atoms with E-state index in [-0.39, 0.29) is 18.0 Å². The largest absolute Gasteiger partial charge is 0.355 e. The Balaban J connectivity index is 1.33. The van der Waals surface area contributed by atoms with E-state index in [4.69, 9.17) is 0 Å². The molecule has 0 unspecified atom stereocenters. The molecule has 0 spiro atoms. The average molecular weight is 413 g/mol. The molecule has 3 aromatic heterocycles. The molecule has 1 amide bonds. The molecule has 8 nitrogen and oxygen atoms in total. The lowest BCUT2D eigenvalue weighted by molar-refractivity contribution is -0.384. The van der Waals surface area contributed by atoms with Crippen molar-refractivity contribution in [2.75, 3.05) is 6.54 Å². The van der Waals surface area contributed by atoms with E-state index in [2.05, 4.69) is 15.4 Å². The maximum Gasteiger partial charge on any atom is 0.269 e. The van der Waals surface area contributed by atoms with Gasteiger partial charge in [0, 0.05) is 30.5 Å². The Morgan fingerprint density at radius 2 is 2.04 bits per heavy atom. The predicted octanol–water partition coefficient (Wildman–Crippen LogP) is 3.33. The first-order valence-corrected chi connectivity index (χ1v) is 10.2. The number of amides is 1. The van der Waals surface area contributed by atoms with E-state index in [1.54, 1.807) is 23.5 Å². The summed E-state index contributed by atoms with van der Waals surface area (Å²) in [6.07, 6.45) is 0.822. The van der Waals surface area contributed by atoms with Crippen molar-refractivity contribution < 1.29 is 9.72 Å². The van der Waals surface area contributed by atoms with Crippen LogP contribution in [0, 0.1) is 10.1 Å². The van der Waals surface area contributed by atoms with E-state index in [0.717, 1.165) is 21.1 Å². The fourth-order valence-corrected chi connectivity index (χ4v) is 4.23. The maximum absolute atomic E-state index is 12.1. The van der Waals surface area contributed by atoms with Crippen LogP contribution in [0.3, 0.4) is 0 Å². The lowest BCUT2D eigenvalue weighted by atomic mass is 10.1. The summed E-state index contributed by atoms with van der Waals surface area (Å²) >= 11 is 3.12. The number of fused-ring (bicyclic) bond motifs is 1. The molecule has 0 atom stereocenters. The molecule has 3 heterocycles. The summed E-state index contributed by atoms with van der Waals surface area (Å²) in [4.78, 5) is 28.7. The highest BCUT2D eigenvalue weighted by Gasteiger charge is 2.12. The number of aromatic nitrogens is 3. The minimum atomic E-state index is -0.459. The summed E-state index contributed by atoms with van der Waals surface area (Å²) < 4.78 is 1.82. The first-order chi connectivity index (χ1) is 13.6. The van der Waals surface area contributed by atoms with Crippen LogP contribution in [0.5, 0.6) is 0 Å². The van der Waals surface area contributed by atoms with Crippen LogP contribution in [-0.2, 0) is 17.6 Å². The van der Waals surface area contributed by atoms with Crippen LogP contribution < -0.4 is 5.32 Å². The van der Waals surface area contributed by atoms with Crippen LogP contribution in [0.4, 0.5) is 5.69 Å². The monoisotopic (exact) mass is 413 g/mol. The number of thiazole rings is 1. The molecular formula is C18H15N5O3S2. The normalized spacial score (nSPS) is 11.0. The third kappa shape index (κ3) is 3.92. The van der Waals surface area contributed by atoms with Gasteiger partial charge in [-0.1, -0.05) is 18.2 Å². The van der Waals surface area contributed by atoms with Crippen molar-refractivity contribution in [1.82, 2.24) is 19.9 Å². The maximum atomic E-state index is 12.1. The van der Waals surface area contributed by atoms with Crippen molar-refractivity contribution in [3.8, 4) is 10.7 Å². The summed E-state index contributed by atoms with van der Waals surface area (Å²) in [5.74, 6) is 0.587. The summed E-state index contributed by atoms with van der Waals surface area (Å²) in [7, 11) is 0. The lowest BCUT2D eigenvalue weighted by Gasteiger charge is -2.05. The SMILES string of the molecule is O=C(Cc1ccc([N+](=O)[O-])cc1)NCCc1csc2nc(-c3cccs3)nn12. The molecule has 0 radical (unpaired) electrons. The number of hydrogen-bond acceptors (Lipinski definition) is 7. The van der Waals surface area contributed by atoms with Gasteiger partial charge < -0.3 is 5.32 Å². The number of nitro benzene ring substituents is 1. The molecule has 28 heavy (non-hydrogen) atoms. The smallest absolute Gasteiger partial charge is 0.269 e. The summed E-state index contributed by atoms with van der Waals surface area (Å²) in [6.45, 7) is 0.478. The summed E-state index contributed by atoms with van der Waals surface area (Å²) in [5.41, 5.74) is 1.74. The molecule has 0 bridgehead atoms. The van der Waals surface area contributed by atoms with Crippen LogP contribution in [0.1, 0.15) is 11.3 Å². The number of carbonyl (C=O) groups excluding carboxylic acids is 1. The predicted molar refractivity (Wildman–Crippen MR) is 108 cm³/mol. The minimum absolute atomic E-state index is 0.0142. The van der Waals surface area contributed by atoms with Crippen LogP contribution in [-0.4, -0.2) is 32.0 Å². The Bertz CT molecular complexity index is 1120. The van der Waals surface area contributed by atoms with E-state index in [0.29, 0.717) is 18.8 Å². The summed E-state index contributed by atoms with van der Waals surface area (Å²) in [6, 6.07) is 9.96. The molecule has 142 valence electrons. The molecule has 1 N–H and O–H groups in total. The van der Waals surface area contributed by atoms with Crippen LogP contribution >= 0.6 is 22.7 Å². The fraction of sp³-hybridized carbons (Fsp3) is 0.167. The number of hydrogen-bond donors (Lipinski definition) is 1. The van der Waals surface area contributed by atoms with Gasteiger partial charge in [-0.2, -0.15) is 4.98 Å². The van der Waals surface area contributed by atoms with E-state index in [9.17, 15) is 14.9 Å². The van der Waals surface area contributed by atoms with Crippen molar-refractivity contribution in [2.24, 2.45) is 0 Å². The summed E-state index contributed by atoms with van der Waals surface area (Å²) in [5, 5.41) is 22.1. The highest BCUT2D eigenvalue weighted by atomic mass is 32.1. The second kappa shape index (κ2) is 7.87. The Morgan fingerprint density at radius 1 is 1.21 bits per heavy atom. The number of carbonyl (C=O) groups is 1. The number of nitro groups is 1. The van der Waals surface area contributed by atoms with Crippen molar-refractivity contribution in [1.29, 1.82) is 0 Å². The van der Waals surface area contributed by atoms with Gasteiger partial charge in [-0.15, -0.1) is 27.8 Å². The zero-order valence-corrected chi connectivity index (χ0v) is 16.2. The van der Waals surface area contributed by atoms with E-state index in [1.807, 2.05) is 27.4 Å². The lowest BCUT2D eigenvalue weighted by Crippen LogP contribution is -2.27. The number of benzene rings is 1. The highest BCUT2D eigenvalue weighted by molar-refractivity contribution is 7.15. The van der Waals surface area contributed by atoms with Gasteiger partial charge in [0.05, 0.1) is 21.9 Å². The third-order valence-electron chi connectivity index (χ3n) is 4.11. The Hall–Kier alpha value is -3.11. The number of non-ortho nitro benzene ring substituents is 1. The Morgan fingerprint density at radius 3 is 2.75 bits per heavy atom. The fourth-order valence-electron chi connectivity index (χ4n) is 2.72. The zero-order chi connectivity index (χ0) is 19.5. The second-order valence-corrected chi connectivity index (χ2v) is 7.82. The van der Waals surface area contributed by atoms with E-state index < -0.39 is 4.92 Å². The van der Waals surface area contributed by atoms with Gasteiger partial charge in [-0.25, -0.2) is 4.52 Å². The van der Waals surface area contributed by atoms with Gasteiger partial charge >= 0.3 is 0 Å². The van der Waals surface area contributed by atoms with Crippen molar-refractivity contribution in [3.05, 3.63) is 68.5 Å². The van der Waals surface area contributed by atoms with Gasteiger partial charge in [0.2, 0.25) is 10.9 Å². The van der Waals surface area contributed by atoms with E-state index in [1.165, 1.54) is 23.5 Å². The molecule has 0 aliphatic heterocycles. The van der Waals surface area contributed by atoms with Gasteiger partial charge in [-0.3, -0.25) is 14.9 Å². The van der Waals surface area contributed by atoms with Crippen LogP contribution in [0.2, 0.25) is 0 Å². The Labute approximate surface area is 167 Å². The van der Waals surface area contributed by atoms with Gasteiger partial charge in [0.25, 0.3) is 5.69 Å². The van der Waals surface area contributed by atoms with E-state index >= 15 is 0 Å². The number of nitrogens with one attached hydrogen (secondary N) is 1. The zero-order valence-electron chi connectivity index (χ0n) is 14.6. The van der Waals surface area contributed by atoms with Gasteiger partial charge in [0.1, 0.15) is 0 Å². The molecule has 0 fully saturated rings. The van der Waals surface area contributed by atoms with Crippen molar-refractivity contribution in [3.63, 3.8) is 0 Å². The molecule has 4 aromatic rings. The molecular weight excluding hydrogens is 398 g/mol. The molecule has 10 heteroatoms. The highest BCUT2D eigenvalue weighted by Crippen LogP contribution is 2.24. The van der Waals surface area contributed by atoms with Gasteiger partial charge in [0.15, 0.2) is 5.82 Å². The first kappa shape index (κ1) is 18.3. The molecule has 4 rings (SSSR count). The molecule has 0 saturated heterocycles. The quantitative estimate of drug-likeness (QED) is 0.370. The van der Waals surface area contributed by atoms with Crippen LogP contribution in [0.25, 0.3) is 15.7 Å². The molecule has 0 aliphatic rings. The second-order valence-electron chi connectivity index (χ2n) is 6.03. The molecule has 0 saturated carbocycles. The first-order valence-electron chi connectivity index (χ1n) is 8.47. The topological polar surface area (TPSA) is 102 Å². The minimum Gasteiger partial charge on any atom is -0.355 e. The number of nitrogens with zero attached hydrogens (tertiary/aromatic N) is 4. The third-order valence-corrected chi connectivity index (χ3v) is 5.84. The molecule has 0 aliphatic carbocycles. The average Bonchev–Trinajstić information content (AvgIpc) is 3.40. The van der Waals surface area contributed by atoms with Crippen LogP contribution in [0.15, 0.2) is 47.2 Å². The van der Waals surface area contributed by atoms with Crippen molar-refractivity contribution in [2.45, 2.75) is 12.8 Å². The number of rotatable bonds is 7. The standard InChI is InChI=1S/C18H15N5O3S2/c24-16(10-12-3-5-13(6-4-12)23(25)26)19-8-7-14-11-28-18-20-17(21-22(14)18)15-2-1-9-27-15/h1-6,9,11H,7-8,10H2,(H,19,24). The molecule has 1 aromatic carbocycles.